The van der Waals surface area contributed by atoms with Crippen LogP contribution in [-0.2, 0) is 6.42 Å². The summed E-state index contributed by atoms with van der Waals surface area (Å²) in [5.41, 5.74) is 3.09. The maximum Gasteiger partial charge on any atom is 0.323 e. The van der Waals surface area contributed by atoms with Gasteiger partial charge in [-0.05, 0) is 30.7 Å². The highest BCUT2D eigenvalue weighted by Crippen LogP contribution is 2.20. The molecule has 3 heteroatoms. The van der Waals surface area contributed by atoms with Crippen LogP contribution < -0.4 is 10.6 Å². The van der Waals surface area contributed by atoms with Gasteiger partial charge in [-0.3, -0.25) is 0 Å². The minimum absolute atomic E-state index is 0.256. The number of rotatable bonds is 3. The van der Waals surface area contributed by atoms with Crippen LogP contribution in [0.15, 0.2) is 31.0 Å². The molecule has 0 atom stereocenters. The van der Waals surface area contributed by atoms with Crippen molar-refractivity contribution in [1.82, 2.24) is 5.32 Å². The molecule has 0 spiro atoms. The summed E-state index contributed by atoms with van der Waals surface area (Å²) in [5, 5.41) is 5.30. The van der Waals surface area contributed by atoms with Crippen molar-refractivity contribution in [2.75, 3.05) is 5.32 Å². The predicted molar refractivity (Wildman–Crippen MR) is 62.9 cm³/mol. The molecule has 0 aliphatic rings. The van der Waals surface area contributed by atoms with E-state index < -0.39 is 0 Å². The van der Waals surface area contributed by atoms with Gasteiger partial charge in [0.25, 0.3) is 0 Å². The zero-order valence-electron chi connectivity index (χ0n) is 9.13. The average Bonchev–Trinajstić information content (AvgIpc) is 2.21. The summed E-state index contributed by atoms with van der Waals surface area (Å²) in [6.45, 7) is 7.47. The molecule has 1 aromatic rings. The SMILES string of the molecule is C=CNC(=O)Nc1c(C)cccc1CC. The number of anilines is 1. The van der Waals surface area contributed by atoms with Crippen LogP contribution in [0.25, 0.3) is 0 Å². The van der Waals surface area contributed by atoms with Crippen LogP contribution in [0.3, 0.4) is 0 Å². The van der Waals surface area contributed by atoms with Crippen molar-refractivity contribution in [2.24, 2.45) is 0 Å². The highest BCUT2D eigenvalue weighted by molar-refractivity contribution is 5.91. The van der Waals surface area contributed by atoms with E-state index in [-0.39, 0.29) is 6.03 Å². The number of carbonyl (C=O) groups is 1. The number of urea groups is 1. The van der Waals surface area contributed by atoms with E-state index in [1.54, 1.807) is 0 Å². The van der Waals surface area contributed by atoms with Gasteiger partial charge in [-0.25, -0.2) is 4.79 Å². The van der Waals surface area contributed by atoms with Crippen LogP contribution in [0.1, 0.15) is 18.1 Å². The minimum Gasteiger partial charge on any atom is -0.315 e. The Balaban J connectivity index is 2.91. The summed E-state index contributed by atoms with van der Waals surface area (Å²) in [7, 11) is 0. The first-order valence-corrected chi connectivity index (χ1v) is 4.96. The van der Waals surface area contributed by atoms with Gasteiger partial charge in [0.05, 0.1) is 0 Å². The first-order chi connectivity index (χ1) is 7.19. The van der Waals surface area contributed by atoms with E-state index in [0.29, 0.717) is 0 Å². The third-order valence-electron chi connectivity index (χ3n) is 2.21. The topological polar surface area (TPSA) is 41.1 Å². The van der Waals surface area contributed by atoms with Gasteiger partial charge in [-0.1, -0.05) is 31.7 Å². The van der Waals surface area contributed by atoms with E-state index >= 15 is 0 Å². The maximum absolute atomic E-state index is 11.3. The summed E-state index contributed by atoms with van der Waals surface area (Å²) in [4.78, 5) is 11.3. The highest BCUT2D eigenvalue weighted by Gasteiger charge is 2.06. The monoisotopic (exact) mass is 204 g/mol. The van der Waals surface area contributed by atoms with Gasteiger partial charge in [0, 0.05) is 5.69 Å². The van der Waals surface area contributed by atoms with Crippen LogP contribution >= 0.6 is 0 Å². The molecule has 15 heavy (non-hydrogen) atoms. The molecule has 0 aliphatic heterocycles. The molecule has 2 amide bonds. The van der Waals surface area contributed by atoms with Crippen LogP contribution in [0.5, 0.6) is 0 Å². The van der Waals surface area contributed by atoms with E-state index in [4.69, 9.17) is 0 Å². The van der Waals surface area contributed by atoms with Gasteiger partial charge in [0.2, 0.25) is 0 Å². The van der Waals surface area contributed by atoms with Crippen molar-refractivity contribution in [3.8, 4) is 0 Å². The second-order valence-electron chi connectivity index (χ2n) is 3.27. The number of amides is 2. The highest BCUT2D eigenvalue weighted by atomic mass is 16.2. The molecular formula is C12H16N2O. The Kier molecular flexibility index (Phi) is 3.92. The molecule has 3 nitrogen and oxygen atoms in total. The van der Waals surface area contributed by atoms with Crippen molar-refractivity contribution in [3.05, 3.63) is 42.1 Å². The molecule has 0 heterocycles. The lowest BCUT2D eigenvalue weighted by Gasteiger charge is -2.12. The Morgan fingerprint density at radius 1 is 1.53 bits per heavy atom. The van der Waals surface area contributed by atoms with Crippen molar-refractivity contribution in [3.63, 3.8) is 0 Å². The lowest BCUT2D eigenvalue weighted by molar-refractivity contribution is 0.255. The molecule has 0 aliphatic carbocycles. The second kappa shape index (κ2) is 5.20. The minimum atomic E-state index is -0.256. The molecular weight excluding hydrogens is 188 g/mol. The molecule has 0 fully saturated rings. The lowest BCUT2D eigenvalue weighted by atomic mass is 10.1. The lowest BCUT2D eigenvalue weighted by Crippen LogP contribution is -2.24. The van der Waals surface area contributed by atoms with Crippen LogP contribution in [0, 0.1) is 6.92 Å². The maximum atomic E-state index is 11.3. The molecule has 80 valence electrons. The zero-order valence-corrected chi connectivity index (χ0v) is 9.13. The third-order valence-corrected chi connectivity index (χ3v) is 2.21. The smallest absolute Gasteiger partial charge is 0.315 e. The number of benzene rings is 1. The van der Waals surface area contributed by atoms with Gasteiger partial charge in [-0.2, -0.15) is 0 Å². The fourth-order valence-electron chi connectivity index (χ4n) is 1.44. The number of carbonyl (C=O) groups excluding carboxylic acids is 1. The number of aryl methyl sites for hydroxylation is 2. The molecule has 0 bridgehead atoms. The first kappa shape index (κ1) is 11.3. The quantitative estimate of drug-likeness (QED) is 0.781. The standard InChI is InChI=1S/C12H16N2O/c1-4-10-8-6-7-9(3)11(10)14-12(15)13-5-2/h5-8H,2,4H2,1,3H3,(H2,13,14,15). The summed E-state index contributed by atoms with van der Waals surface area (Å²) >= 11 is 0. The first-order valence-electron chi connectivity index (χ1n) is 4.96. The van der Waals surface area contributed by atoms with Gasteiger partial charge in [-0.15, -0.1) is 0 Å². The molecule has 0 unspecified atom stereocenters. The second-order valence-corrected chi connectivity index (χ2v) is 3.27. The summed E-state index contributed by atoms with van der Waals surface area (Å²) in [6.07, 6.45) is 2.25. The van der Waals surface area contributed by atoms with Gasteiger partial charge < -0.3 is 10.6 Å². The van der Waals surface area contributed by atoms with Crippen molar-refractivity contribution < 1.29 is 4.79 Å². The fraction of sp³-hybridized carbons (Fsp3) is 0.250. The average molecular weight is 204 g/mol. The normalized spacial score (nSPS) is 9.47. The Morgan fingerprint density at radius 2 is 2.27 bits per heavy atom. The Bertz CT molecular complexity index is 372. The van der Waals surface area contributed by atoms with Gasteiger partial charge in [0.1, 0.15) is 0 Å². The van der Waals surface area contributed by atoms with Crippen molar-refractivity contribution >= 4 is 11.7 Å². The van der Waals surface area contributed by atoms with E-state index in [0.717, 1.165) is 23.2 Å². The van der Waals surface area contributed by atoms with Crippen LogP contribution in [0.4, 0.5) is 10.5 Å². The van der Waals surface area contributed by atoms with E-state index in [2.05, 4.69) is 24.1 Å². The molecule has 1 rings (SSSR count). The third kappa shape index (κ3) is 2.84. The fourth-order valence-corrected chi connectivity index (χ4v) is 1.44. The van der Waals surface area contributed by atoms with Crippen molar-refractivity contribution in [2.45, 2.75) is 20.3 Å². The Morgan fingerprint density at radius 3 is 2.87 bits per heavy atom. The molecule has 2 N–H and O–H groups in total. The molecule has 0 saturated carbocycles. The summed E-state index contributed by atoms with van der Waals surface area (Å²) in [5.74, 6) is 0. The molecule has 0 radical (unpaired) electrons. The van der Waals surface area contributed by atoms with Crippen LogP contribution in [-0.4, -0.2) is 6.03 Å². The molecule has 1 aromatic carbocycles. The van der Waals surface area contributed by atoms with E-state index in [1.807, 2.05) is 25.1 Å². The van der Waals surface area contributed by atoms with Crippen molar-refractivity contribution in [1.29, 1.82) is 0 Å². The summed E-state index contributed by atoms with van der Waals surface area (Å²) < 4.78 is 0. The number of para-hydroxylation sites is 1. The number of nitrogens with one attached hydrogen (secondary N) is 2. The van der Waals surface area contributed by atoms with E-state index in [9.17, 15) is 4.79 Å². The molecule has 0 saturated heterocycles. The molecule has 0 aromatic heterocycles. The Hall–Kier alpha value is -1.77. The van der Waals surface area contributed by atoms with Gasteiger partial charge in [0.15, 0.2) is 0 Å². The number of hydrogen-bond acceptors (Lipinski definition) is 1. The summed E-state index contributed by atoms with van der Waals surface area (Å²) in [6, 6.07) is 5.72. The predicted octanol–water partition coefficient (Wildman–Crippen LogP) is 2.82. The van der Waals surface area contributed by atoms with Crippen LogP contribution in [0.2, 0.25) is 0 Å². The zero-order chi connectivity index (χ0) is 11.3. The number of hydrogen-bond donors (Lipinski definition) is 2. The van der Waals surface area contributed by atoms with Gasteiger partial charge >= 0.3 is 6.03 Å². The Labute approximate surface area is 90.2 Å². The van der Waals surface area contributed by atoms with E-state index in [1.165, 1.54) is 6.20 Å². The largest absolute Gasteiger partial charge is 0.323 e.